The van der Waals surface area contributed by atoms with E-state index in [2.05, 4.69) is 15.7 Å². The Balaban J connectivity index is 0.000000550. The van der Waals surface area contributed by atoms with Gasteiger partial charge in [-0.25, -0.2) is 0 Å². The summed E-state index contributed by atoms with van der Waals surface area (Å²) in [5, 5.41) is 0. The first-order valence-electron chi connectivity index (χ1n) is 5.45. The lowest BCUT2D eigenvalue weighted by Gasteiger charge is -2.03. The van der Waals surface area contributed by atoms with Crippen LogP contribution in [0.15, 0.2) is 41.7 Å². The van der Waals surface area contributed by atoms with Gasteiger partial charge < -0.3 is 5.73 Å². The van der Waals surface area contributed by atoms with Gasteiger partial charge in [0, 0.05) is 36.1 Å². The van der Waals surface area contributed by atoms with Gasteiger partial charge in [0.1, 0.15) is 0 Å². The van der Waals surface area contributed by atoms with E-state index in [4.69, 9.17) is 4.79 Å². The molecule has 0 bridgehead atoms. The monoisotopic (exact) mass is 277 g/mol. The molecule has 6 heteroatoms. The number of carbonyl (C=O) groups is 1. The molecule has 2 aromatic rings. The highest BCUT2D eigenvalue weighted by atomic mass is 32.2. The van der Waals surface area contributed by atoms with Crippen molar-refractivity contribution in [3.63, 3.8) is 0 Å². The van der Waals surface area contributed by atoms with Crippen molar-refractivity contribution in [2.24, 2.45) is 5.73 Å². The molecule has 2 rings (SSSR count). The number of hydrogen-bond donors (Lipinski definition) is 1. The van der Waals surface area contributed by atoms with E-state index in [9.17, 15) is 4.21 Å². The van der Waals surface area contributed by atoms with Crippen LogP contribution in [0.2, 0.25) is 0 Å². The molecule has 1 amide bonds. The number of pyridine rings is 2. The molecule has 0 saturated carbocycles. The Morgan fingerprint density at radius 1 is 1.26 bits per heavy atom. The summed E-state index contributed by atoms with van der Waals surface area (Å²) in [5.41, 5.74) is 7.14. The number of nitrogens with zero attached hydrogens (tertiary/aromatic N) is 2. The quantitative estimate of drug-likeness (QED) is 0.838. The van der Waals surface area contributed by atoms with Crippen LogP contribution in [0.25, 0.3) is 11.1 Å². The van der Waals surface area contributed by atoms with Crippen LogP contribution < -0.4 is 5.73 Å². The molecule has 2 N–H and O–H groups in total. The van der Waals surface area contributed by atoms with E-state index in [1.54, 1.807) is 24.8 Å². The minimum absolute atomic E-state index is 0.250. The normalized spacial score (nSPS) is 11.1. The average Bonchev–Trinajstić information content (AvgIpc) is 2.40. The largest absolute Gasteiger partial charge is 0.372 e. The summed E-state index contributed by atoms with van der Waals surface area (Å²) in [6.07, 6.45) is 7.07. The number of hydrogen-bond acceptors (Lipinski definition) is 4. The highest BCUT2D eigenvalue weighted by molar-refractivity contribution is 7.84. The van der Waals surface area contributed by atoms with Gasteiger partial charge >= 0.3 is 0 Å². The molecule has 0 aliphatic carbocycles. The number of aromatic nitrogens is 2. The molecule has 0 aliphatic heterocycles. The molecule has 5 nitrogen and oxygen atoms in total. The third-order valence-electron chi connectivity index (χ3n) is 2.28. The first kappa shape index (κ1) is 15.0. The smallest absolute Gasteiger partial charge is 0.204 e. The molecule has 0 fully saturated rings. The van der Waals surface area contributed by atoms with Crippen LogP contribution in [-0.4, -0.2) is 26.8 Å². The molecule has 0 aromatic carbocycles. The van der Waals surface area contributed by atoms with Crippen LogP contribution in [0.5, 0.6) is 0 Å². The fourth-order valence-corrected chi connectivity index (χ4v) is 1.96. The summed E-state index contributed by atoms with van der Waals surface area (Å²) >= 11 is 0. The van der Waals surface area contributed by atoms with Crippen molar-refractivity contribution < 1.29 is 9.00 Å². The van der Waals surface area contributed by atoms with Gasteiger partial charge in [-0.2, -0.15) is 0 Å². The van der Waals surface area contributed by atoms with Crippen LogP contribution in [0.3, 0.4) is 0 Å². The zero-order valence-electron chi connectivity index (χ0n) is 10.7. The minimum Gasteiger partial charge on any atom is -0.372 e. The standard InChI is InChI=1S/C12H12N2OS.CH3NO/c1-9-5-10(3-4-14-9)11-6-12(16(2)15)8-13-7-11;2-1-3/h3-8H,1-2H3;1H,(H2,2,3). The van der Waals surface area contributed by atoms with Crippen molar-refractivity contribution >= 4 is 17.2 Å². The van der Waals surface area contributed by atoms with E-state index in [0.29, 0.717) is 0 Å². The van der Waals surface area contributed by atoms with Gasteiger partial charge in [-0.15, -0.1) is 0 Å². The lowest BCUT2D eigenvalue weighted by Crippen LogP contribution is -1.90. The average molecular weight is 277 g/mol. The maximum absolute atomic E-state index is 11.4. The number of aryl methyl sites for hydroxylation is 1. The summed E-state index contributed by atoms with van der Waals surface area (Å²) < 4.78 is 11.4. The highest BCUT2D eigenvalue weighted by Crippen LogP contribution is 2.20. The number of carbonyl (C=O) groups excluding carboxylic acids is 1. The predicted octanol–water partition coefficient (Wildman–Crippen LogP) is 1.29. The van der Waals surface area contributed by atoms with Crippen molar-refractivity contribution in [2.45, 2.75) is 11.8 Å². The fourth-order valence-electron chi connectivity index (χ4n) is 1.46. The Bertz CT molecular complexity index is 588. The van der Waals surface area contributed by atoms with E-state index in [1.165, 1.54) is 0 Å². The first-order chi connectivity index (χ1) is 9.08. The van der Waals surface area contributed by atoms with Crippen LogP contribution in [0, 0.1) is 6.92 Å². The molecule has 1 atom stereocenters. The molecule has 19 heavy (non-hydrogen) atoms. The van der Waals surface area contributed by atoms with Gasteiger partial charge in [0.15, 0.2) is 0 Å². The molecule has 0 spiro atoms. The maximum Gasteiger partial charge on any atom is 0.204 e. The van der Waals surface area contributed by atoms with Crippen molar-refractivity contribution in [3.05, 3.63) is 42.5 Å². The van der Waals surface area contributed by atoms with E-state index in [-0.39, 0.29) is 6.41 Å². The van der Waals surface area contributed by atoms with Gasteiger partial charge in [0.2, 0.25) is 6.41 Å². The lowest BCUT2D eigenvalue weighted by atomic mass is 10.1. The molecule has 0 saturated heterocycles. The second-order valence-corrected chi connectivity index (χ2v) is 5.07. The van der Waals surface area contributed by atoms with E-state index in [1.807, 2.05) is 25.1 Å². The van der Waals surface area contributed by atoms with Gasteiger partial charge in [0.25, 0.3) is 0 Å². The number of amides is 1. The molecule has 1 unspecified atom stereocenters. The highest BCUT2D eigenvalue weighted by Gasteiger charge is 2.02. The predicted molar refractivity (Wildman–Crippen MR) is 74.8 cm³/mol. The zero-order valence-corrected chi connectivity index (χ0v) is 11.6. The molecule has 2 aromatic heterocycles. The number of primary amides is 1. The van der Waals surface area contributed by atoms with Crippen molar-refractivity contribution in [2.75, 3.05) is 6.26 Å². The number of nitrogens with two attached hydrogens (primary N) is 1. The number of rotatable bonds is 2. The molecule has 2 heterocycles. The fraction of sp³-hybridized carbons (Fsp3) is 0.154. The summed E-state index contributed by atoms with van der Waals surface area (Å²) in [7, 11) is -0.996. The summed E-state index contributed by atoms with van der Waals surface area (Å²) in [6.45, 7) is 1.94. The summed E-state index contributed by atoms with van der Waals surface area (Å²) in [6, 6.07) is 5.81. The topological polar surface area (TPSA) is 85.9 Å². The van der Waals surface area contributed by atoms with E-state index >= 15 is 0 Å². The second-order valence-electron chi connectivity index (χ2n) is 3.69. The second kappa shape index (κ2) is 7.38. The van der Waals surface area contributed by atoms with E-state index in [0.717, 1.165) is 21.7 Å². The van der Waals surface area contributed by atoms with Crippen molar-refractivity contribution in [3.8, 4) is 11.1 Å². The summed E-state index contributed by atoms with van der Waals surface area (Å²) in [4.78, 5) is 17.6. The minimum atomic E-state index is -0.996. The Kier molecular flexibility index (Phi) is 5.81. The Morgan fingerprint density at radius 3 is 2.53 bits per heavy atom. The molecule has 100 valence electrons. The van der Waals surface area contributed by atoms with Gasteiger partial charge in [-0.05, 0) is 30.7 Å². The first-order valence-corrected chi connectivity index (χ1v) is 7.01. The maximum atomic E-state index is 11.4. The van der Waals surface area contributed by atoms with Crippen molar-refractivity contribution in [1.29, 1.82) is 0 Å². The SMILES string of the molecule is Cc1cc(-c2cncc(S(C)=O)c2)ccn1.NC=O. The lowest BCUT2D eigenvalue weighted by molar-refractivity contribution is -0.106. The van der Waals surface area contributed by atoms with Crippen LogP contribution in [0.1, 0.15) is 5.69 Å². The Labute approximate surface area is 114 Å². The molecule has 0 aliphatic rings. The van der Waals surface area contributed by atoms with Crippen LogP contribution in [-0.2, 0) is 15.6 Å². The molecule has 0 radical (unpaired) electrons. The third-order valence-corrected chi connectivity index (χ3v) is 3.16. The third kappa shape index (κ3) is 4.59. The summed E-state index contributed by atoms with van der Waals surface area (Å²) in [5.74, 6) is 0. The van der Waals surface area contributed by atoms with Gasteiger partial charge in [0.05, 0.1) is 15.7 Å². The van der Waals surface area contributed by atoms with Gasteiger partial charge in [-0.3, -0.25) is 19.0 Å². The zero-order chi connectivity index (χ0) is 14.3. The van der Waals surface area contributed by atoms with Crippen LogP contribution >= 0.6 is 0 Å². The Morgan fingerprint density at radius 2 is 1.95 bits per heavy atom. The van der Waals surface area contributed by atoms with Crippen LogP contribution in [0.4, 0.5) is 0 Å². The van der Waals surface area contributed by atoms with Gasteiger partial charge in [-0.1, -0.05) is 0 Å². The molecular weight excluding hydrogens is 262 g/mol. The molecular formula is C13H15N3O2S. The Hall–Kier alpha value is -2.08. The van der Waals surface area contributed by atoms with Crippen molar-refractivity contribution in [1.82, 2.24) is 9.97 Å². The van der Waals surface area contributed by atoms with E-state index < -0.39 is 10.8 Å².